The summed E-state index contributed by atoms with van der Waals surface area (Å²) in [5.41, 5.74) is 9.68. The van der Waals surface area contributed by atoms with Gasteiger partial charge in [0.15, 0.2) is 11.2 Å². The summed E-state index contributed by atoms with van der Waals surface area (Å²) in [4.78, 5) is 45.1. The molecule has 0 saturated heterocycles. The largest absolute Gasteiger partial charge is 0.366 e. The normalized spacial score (nSPS) is 17.0. The van der Waals surface area contributed by atoms with Gasteiger partial charge < -0.3 is 10.3 Å². The van der Waals surface area contributed by atoms with Gasteiger partial charge in [0.05, 0.1) is 0 Å². The molecule has 0 atom stereocenters. The van der Waals surface area contributed by atoms with E-state index < -0.39 is 5.91 Å². The van der Waals surface area contributed by atoms with E-state index in [0.29, 0.717) is 29.0 Å². The van der Waals surface area contributed by atoms with Crippen molar-refractivity contribution in [3.63, 3.8) is 0 Å². The van der Waals surface area contributed by atoms with E-state index in [2.05, 4.69) is 0 Å². The van der Waals surface area contributed by atoms with Crippen LogP contribution in [0.2, 0.25) is 0 Å². The van der Waals surface area contributed by atoms with Crippen molar-refractivity contribution in [3.05, 3.63) is 92.1 Å². The molecule has 6 rings (SSSR count). The molecule has 4 aromatic rings. The average Bonchev–Trinajstić information content (AvgIpc) is 3.38. The Kier molecular flexibility index (Phi) is 8.45. The maximum Gasteiger partial charge on any atom is 0.333 e. The van der Waals surface area contributed by atoms with Gasteiger partial charge in [0.1, 0.15) is 5.82 Å². The highest BCUT2D eigenvalue weighted by atomic mass is 16.2. The minimum Gasteiger partial charge on any atom is -0.366 e. The number of hydrogen-bond acceptors (Lipinski definition) is 4. The second-order valence-electron chi connectivity index (χ2n) is 12.2. The third kappa shape index (κ3) is 5.88. The second-order valence-corrected chi connectivity index (χ2v) is 12.2. The van der Waals surface area contributed by atoms with Crippen LogP contribution in [0.15, 0.2) is 69.8 Å². The molecule has 2 aliphatic rings. The Morgan fingerprint density at radius 2 is 1.47 bits per heavy atom. The van der Waals surface area contributed by atoms with E-state index in [-0.39, 0.29) is 23.3 Å². The molecule has 0 bridgehead atoms. The monoisotopic (exact) mass is 579 g/mol. The highest BCUT2D eigenvalue weighted by Gasteiger charge is 2.29. The van der Waals surface area contributed by atoms with Gasteiger partial charge in [-0.2, -0.15) is 0 Å². The Balaban J connectivity index is 1.38. The van der Waals surface area contributed by atoms with E-state index in [1.54, 1.807) is 0 Å². The predicted octanol–water partition coefficient (Wildman–Crippen LogP) is 6.08. The van der Waals surface area contributed by atoms with Crippen molar-refractivity contribution in [1.82, 2.24) is 18.7 Å². The smallest absolute Gasteiger partial charge is 0.333 e. The summed E-state index contributed by atoms with van der Waals surface area (Å²) in [7, 11) is 1.90. The molecular formula is C35H41N5O3. The topological polar surface area (TPSA) is 105 Å². The molecule has 224 valence electrons. The molecule has 2 saturated carbocycles. The molecule has 0 unspecified atom stereocenters. The number of fused-ring (bicyclic) bond motifs is 1. The van der Waals surface area contributed by atoms with Gasteiger partial charge in [-0.15, -0.1) is 0 Å². The van der Waals surface area contributed by atoms with Crippen LogP contribution in [0, 0.1) is 0 Å². The fourth-order valence-electron chi connectivity index (χ4n) is 7.02. The first-order chi connectivity index (χ1) is 20.9. The molecule has 2 aromatic carbocycles. The van der Waals surface area contributed by atoms with Crippen LogP contribution >= 0.6 is 0 Å². The number of amides is 1. The van der Waals surface area contributed by atoms with Gasteiger partial charge in [-0.05, 0) is 55.7 Å². The molecule has 0 spiro atoms. The lowest BCUT2D eigenvalue weighted by atomic mass is 9.94. The molecule has 2 N–H and O–H groups in total. The van der Waals surface area contributed by atoms with Crippen LogP contribution in [0.25, 0.3) is 28.6 Å². The summed E-state index contributed by atoms with van der Waals surface area (Å²) in [6.45, 7) is 0. The number of rotatable bonds is 8. The van der Waals surface area contributed by atoms with Gasteiger partial charge in [0.25, 0.3) is 5.56 Å². The maximum atomic E-state index is 14.1. The number of carbonyl (C=O) groups excluding carboxylic acids is 1. The minimum atomic E-state index is -0.426. The van der Waals surface area contributed by atoms with Gasteiger partial charge in [0.2, 0.25) is 5.91 Å². The lowest BCUT2D eigenvalue weighted by molar-refractivity contribution is -0.114. The zero-order chi connectivity index (χ0) is 29.9. The first-order valence-electron chi connectivity index (χ1n) is 15.8. The van der Waals surface area contributed by atoms with E-state index in [1.807, 2.05) is 76.9 Å². The maximum absolute atomic E-state index is 14.1. The summed E-state index contributed by atoms with van der Waals surface area (Å²) >= 11 is 0. The molecule has 2 fully saturated rings. The predicted molar refractivity (Wildman–Crippen MR) is 171 cm³/mol. The number of aromatic nitrogens is 4. The Morgan fingerprint density at radius 3 is 2.07 bits per heavy atom. The van der Waals surface area contributed by atoms with Crippen LogP contribution in [-0.2, 0) is 18.3 Å². The van der Waals surface area contributed by atoms with Crippen molar-refractivity contribution in [2.45, 2.75) is 89.1 Å². The van der Waals surface area contributed by atoms with E-state index in [1.165, 1.54) is 11.0 Å². The number of imidazole rings is 1. The minimum absolute atomic E-state index is 0.0640. The van der Waals surface area contributed by atoms with Crippen molar-refractivity contribution in [2.75, 3.05) is 0 Å². The van der Waals surface area contributed by atoms with Crippen LogP contribution in [0.3, 0.4) is 0 Å². The van der Waals surface area contributed by atoms with Crippen LogP contribution < -0.4 is 17.0 Å². The zero-order valence-electron chi connectivity index (χ0n) is 25.0. The fourth-order valence-corrected chi connectivity index (χ4v) is 7.02. The molecule has 8 nitrogen and oxygen atoms in total. The van der Waals surface area contributed by atoms with Gasteiger partial charge in [0, 0.05) is 30.3 Å². The summed E-state index contributed by atoms with van der Waals surface area (Å²) in [6.07, 6.45) is 13.3. The van der Waals surface area contributed by atoms with E-state index in [4.69, 9.17) is 10.7 Å². The van der Waals surface area contributed by atoms with Gasteiger partial charge in [-0.3, -0.25) is 18.7 Å². The molecule has 1 amide bonds. The summed E-state index contributed by atoms with van der Waals surface area (Å²) < 4.78 is 5.34. The van der Waals surface area contributed by atoms with Crippen molar-refractivity contribution in [2.24, 2.45) is 12.8 Å². The van der Waals surface area contributed by atoms with Gasteiger partial charge in [-0.1, -0.05) is 93.1 Å². The number of benzene rings is 2. The van der Waals surface area contributed by atoms with Crippen LogP contribution in [0.5, 0.6) is 0 Å². The number of nitrogens with two attached hydrogens (primary N) is 1. The van der Waals surface area contributed by atoms with Crippen molar-refractivity contribution in [3.8, 4) is 11.4 Å². The number of nitrogens with zero attached hydrogens (tertiary/aromatic N) is 4. The van der Waals surface area contributed by atoms with Crippen LogP contribution in [0.4, 0.5) is 0 Å². The van der Waals surface area contributed by atoms with Crippen molar-refractivity contribution >= 4 is 23.1 Å². The Morgan fingerprint density at radius 1 is 0.860 bits per heavy atom. The SMILES string of the molecule is Cn1c(-c2ccc(/C=C(\CCc3ccccc3)C(N)=O)cc2)nc2c(=O)n(C3CCCCC3)c(=O)n(C3CCCCC3)c21. The first-order valence-corrected chi connectivity index (χ1v) is 15.8. The van der Waals surface area contributed by atoms with E-state index in [0.717, 1.165) is 80.9 Å². The first kappa shape index (κ1) is 28.9. The van der Waals surface area contributed by atoms with Gasteiger partial charge >= 0.3 is 5.69 Å². The van der Waals surface area contributed by atoms with E-state index in [9.17, 15) is 14.4 Å². The number of primary amides is 1. The lowest BCUT2D eigenvalue weighted by Crippen LogP contribution is -2.44. The second kappa shape index (κ2) is 12.6. The molecule has 2 aliphatic carbocycles. The van der Waals surface area contributed by atoms with Crippen molar-refractivity contribution < 1.29 is 4.79 Å². The quantitative estimate of drug-likeness (QED) is 0.256. The zero-order valence-corrected chi connectivity index (χ0v) is 25.0. The highest BCUT2D eigenvalue weighted by molar-refractivity contribution is 5.96. The molecular weight excluding hydrogens is 538 g/mol. The Labute approximate surface area is 251 Å². The molecule has 0 aliphatic heterocycles. The lowest BCUT2D eigenvalue weighted by Gasteiger charge is -2.28. The average molecular weight is 580 g/mol. The highest BCUT2D eigenvalue weighted by Crippen LogP contribution is 2.32. The number of hydrogen-bond donors (Lipinski definition) is 1. The van der Waals surface area contributed by atoms with Gasteiger partial charge in [-0.25, -0.2) is 9.78 Å². The summed E-state index contributed by atoms with van der Waals surface area (Å²) in [5.74, 6) is 0.220. The summed E-state index contributed by atoms with van der Waals surface area (Å²) in [5, 5.41) is 0. The molecule has 8 heteroatoms. The van der Waals surface area contributed by atoms with Crippen LogP contribution in [-0.4, -0.2) is 24.6 Å². The standard InChI is InChI=1S/C35H41N5O3/c1-38-32(26-20-18-25(19-21-26)23-27(31(36)41)22-17-24-11-5-2-6-12-24)37-30-33(38)39(28-13-7-3-8-14-28)35(43)40(34(30)42)29-15-9-4-10-16-29/h2,5-6,11-12,18-21,23,28-29H,3-4,7-10,13-17,22H2,1H3,(H2,36,41)/b27-23+. The van der Waals surface area contributed by atoms with E-state index >= 15 is 0 Å². The van der Waals surface area contributed by atoms with Crippen molar-refractivity contribution in [1.29, 1.82) is 0 Å². The number of carbonyl (C=O) groups is 1. The molecule has 0 radical (unpaired) electrons. The Bertz CT molecular complexity index is 1750. The summed E-state index contributed by atoms with van der Waals surface area (Å²) in [6, 6.07) is 17.8. The molecule has 2 heterocycles. The molecule has 2 aromatic heterocycles. The Hall–Kier alpha value is -4.20. The van der Waals surface area contributed by atoms with Crippen LogP contribution in [0.1, 0.15) is 93.8 Å². The molecule has 43 heavy (non-hydrogen) atoms. The third-order valence-corrected chi connectivity index (χ3v) is 9.36. The third-order valence-electron chi connectivity index (χ3n) is 9.36. The fraction of sp³-hybridized carbons (Fsp3) is 0.429. The number of aryl methyl sites for hydroxylation is 2.